The van der Waals surface area contributed by atoms with E-state index >= 15 is 0 Å². The third-order valence-electron chi connectivity index (χ3n) is 5.34. The highest BCUT2D eigenvalue weighted by molar-refractivity contribution is 7.89. The Morgan fingerprint density at radius 2 is 1.84 bits per heavy atom. The van der Waals surface area contributed by atoms with Crippen LogP contribution in [0, 0.1) is 4.64 Å². The van der Waals surface area contributed by atoms with E-state index in [0.717, 1.165) is 23.5 Å². The van der Waals surface area contributed by atoms with Gasteiger partial charge < -0.3 is 14.2 Å². The Balaban J connectivity index is 1.61. The van der Waals surface area contributed by atoms with Gasteiger partial charge in [-0.3, -0.25) is 0 Å². The van der Waals surface area contributed by atoms with Gasteiger partial charge in [-0.1, -0.05) is 23.8 Å². The smallest absolute Gasteiger partial charge is 0.379 e. The number of halogens is 4. The molecule has 31 heavy (non-hydrogen) atoms. The minimum absolute atomic E-state index is 0.0744. The third-order valence-corrected chi connectivity index (χ3v) is 8.09. The summed E-state index contributed by atoms with van der Waals surface area (Å²) in [5, 5.41) is -0.142. The Labute approximate surface area is 187 Å². The first-order valence-corrected chi connectivity index (χ1v) is 11.7. The summed E-state index contributed by atoms with van der Waals surface area (Å²) in [6, 6.07) is 5.68. The summed E-state index contributed by atoms with van der Waals surface area (Å²) >= 11 is 11.1. The SMILES string of the molecule is O=S(=O)(c1ccc2c(c1)CCN2Cn1cc(C(F)(F)F)cc(Cl)c1=S)N1CCOCC1. The van der Waals surface area contributed by atoms with Crippen molar-refractivity contribution in [3.63, 3.8) is 0 Å². The number of benzene rings is 1. The van der Waals surface area contributed by atoms with Gasteiger partial charge in [-0.15, -0.1) is 0 Å². The second-order valence-electron chi connectivity index (χ2n) is 7.31. The fourth-order valence-corrected chi connectivity index (χ4v) is 5.59. The average molecular weight is 494 g/mol. The van der Waals surface area contributed by atoms with Crippen LogP contribution < -0.4 is 4.90 Å². The van der Waals surface area contributed by atoms with Crippen LogP contribution in [0.5, 0.6) is 0 Å². The van der Waals surface area contributed by atoms with Crippen LogP contribution in [-0.4, -0.2) is 50.1 Å². The molecule has 2 aliphatic rings. The molecule has 0 bridgehead atoms. The summed E-state index contributed by atoms with van der Waals surface area (Å²) in [6.45, 7) is 1.92. The molecular weight excluding hydrogens is 475 g/mol. The normalized spacial score (nSPS) is 17.7. The second kappa shape index (κ2) is 8.36. The van der Waals surface area contributed by atoms with Crippen molar-refractivity contribution in [1.29, 1.82) is 0 Å². The number of rotatable bonds is 4. The number of fused-ring (bicyclic) bond motifs is 1. The van der Waals surface area contributed by atoms with Gasteiger partial charge in [0.2, 0.25) is 10.0 Å². The zero-order valence-electron chi connectivity index (χ0n) is 16.2. The number of sulfonamides is 1. The lowest BCUT2D eigenvalue weighted by Gasteiger charge is -2.26. The first-order chi connectivity index (χ1) is 14.6. The minimum atomic E-state index is -4.54. The number of ether oxygens (including phenoxy) is 1. The summed E-state index contributed by atoms with van der Waals surface area (Å²) in [4.78, 5) is 2.06. The molecule has 1 aromatic carbocycles. The van der Waals surface area contributed by atoms with Crippen LogP contribution >= 0.6 is 23.8 Å². The molecule has 6 nitrogen and oxygen atoms in total. The number of aromatic nitrogens is 1. The lowest BCUT2D eigenvalue weighted by molar-refractivity contribution is -0.138. The Kier molecular flexibility index (Phi) is 6.08. The van der Waals surface area contributed by atoms with Gasteiger partial charge in [-0.2, -0.15) is 17.5 Å². The van der Waals surface area contributed by atoms with E-state index in [1.54, 1.807) is 12.1 Å². The number of hydrogen-bond acceptors (Lipinski definition) is 5. The lowest BCUT2D eigenvalue weighted by atomic mass is 10.2. The maximum absolute atomic E-state index is 13.2. The van der Waals surface area contributed by atoms with Crippen LogP contribution in [-0.2, 0) is 34.0 Å². The molecule has 0 aliphatic carbocycles. The highest BCUT2D eigenvalue weighted by Gasteiger charge is 2.32. The molecule has 3 heterocycles. The van der Waals surface area contributed by atoms with Crippen LogP contribution in [0.1, 0.15) is 11.1 Å². The van der Waals surface area contributed by atoms with Crippen molar-refractivity contribution < 1.29 is 26.3 Å². The van der Waals surface area contributed by atoms with Crippen LogP contribution in [0.15, 0.2) is 35.4 Å². The molecule has 0 unspecified atom stereocenters. The fraction of sp³-hybridized carbons (Fsp3) is 0.421. The summed E-state index contributed by atoms with van der Waals surface area (Å²) in [5.41, 5.74) is 0.702. The average Bonchev–Trinajstić information content (AvgIpc) is 3.13. The molecular formula is C19H19ClF3N3O3S2. The molecule has 1 fully saturated rings. The van der Waals surface area contributed by atoms with Crippen molar-refractivity contribution in [3.05, 3.63) is 51.3 Å². The maximum atomic E-state index is 13.2. The van der Waals surface area contributed by atoms with E-state index < -0.39 is 21.8 Å². The Bertz CT molecular complexity index is 1160. The predicted octanol–water partition coefficient (Wildman–Crippen LogP) is 3.93. The molecule has 0 atom stereocenters. The van der Waals surface area contributed by atoms with Crippen molar-refractivity contribution in [2.24, 2.45) is 0 Å². The zero-order chi connectivity index (χ0) is 22.4. The van der Waals surface area contributed by atoms with Crippen LogP contribution in [0.3, 0.4) is 0 Å². The predicted molar refractivity (Wildman–Crippen MR) is 112 cm³/mol. The van der Waals surface area contributed by atoms with Crippen molar-refractivity contribution >= 4 is 39.5 Å². The molecule has 1 saturated heterocycles. The molecule has 4 rings (SSSR count). The topological polar surface area (TPSA) is 54.8 Å². The monoisotopic (exact) mass is 493 g/mol. The van der Waals surface area contributed by atoms with E-state index in [4.69, 9.17) is 28.6 Å². The summed E-state index contributed by atoms with van der Waals surface area (Å²) in [6.07, 6.45) is -3.02. The minimum Gasteiger partial charge on any atom is -0.379 e. The van der Waals surface area contributed by atoms with Gasteiger partial charge in [0, 0.05) is 31.5 Å². The Morgan fingerprint density at radius 1 is 1.13 bits per heavy atom. The molecule has 0 N–H and O–H groups in total. The van der Waals surface area contributed by atoms with E-state index in [1.807, 2.05) is 4.90 Å². The van der Waals surface area contributed by atoms with Crippen LogP contribution in [0.25, 0.3) is 0 Å². The van der Waals surface area contributed by atoms with Crippen molar-refractivity contribution in [3.8, 4) is 0 Å². The molecule has 12 heteroatoms. The summed E-state index contributed by atoms with van der Waals surface area (Å²) < 4.78 is 73.3. The highest BCUT2D eigenvalue weighted by Crippen LogP contribution is 2.34. The zero-order valence-corrected chi connectivity index (χ0v) is 18.6. The maximum Gasteiger partial charge on any atom is 0.417 e. The number of nitrogens with zero attached hydrogens (tertiary/aromatic N) is 3. The largest absolute Gasteiger partial charge is 0.417 e. The van der Waals surface area contributed by atoms with E-state index in [2.05, 4.69) is 0 Å². The number of anilines is 1. The third kappa shape index (κ3) is 4.47. The van der Waals surface area contributed by atoms with Crippen LogP contribution in [0.2, 0.25) is 5.02 Å². The standard InChI is InChI=1S/C19H19ClF3N3O3S2/c20-16-10-14(19(21,22)23)11-25(18(16)30)12-24-4-3-13-9-15(1-2-17(13)24)31(27,28)26-5-7-29-8-6-26/h1-2,9-11H,3-8,12H2. The molecule has 168 valence electrons. The molecule has 0 amide bonds. The van der Waals surface area contributed by atoms with Gasteiger partial charge in [-0.05, 0) is 36.2 Å². The number of pyridine rings is 1. The number of hydrogen-bond donors (Lipinski definition) is 0. The van der Waals surface area contributed by atoms with E-state index in [-0.39, 0.29) is 21.2 Å². The number of morpholine rings is 1. The molecule has 2 aliphatic heterocycles. The Morgan fingerprint density at radius 3 is 2.52 bits per heavy atom. The molecule has 0 radical (unpaired) electrons. The summed E-state index contributed by atoms with van der Waals surface area (Å²) in [5.74, 6) is 0. The lowest BCUT2D eigenvalue weighted by Crippen LogP contribution is -2.40. The van der Waals surface area contributed by atoms with E-state index in [0.29, 0.717) is 39.3 Å². The Hall–Kier alpha value is -1.66. The van der Waals surface area contributed by atoms with Crippen LogP contribution in [0.4, 0.5) is 18.9 Å². The highest BCUT2D eigenvalue weighted by atomic mass is 35.5. The fourth-order valence-electron chi connectivity index (χ4n) is 3.73. The van der Waals surface area contributed by atoms with Gasteiger partial charge in [0.25, 0.3) is 0 Å². The molecule has 2 aromatic rings. The van der Waals surface area contributed by atoms with Crippen molar-refractivity contribution in [2.75, 3.05) is 37.7 Å². The van der Waals surface area contributed by atoms with Crippen molar-refractivity contribution in [1.82, 2.24) is 8.87 Å². The first-order valence-electron chi connectivity index (χ1n) is 9.50. The van der Waals surface area contributed by atoms with E-state index in [1.165, 1.54) is 14.9 Å². The van der Waals surface area contributed by atoms with Gasteiger partial charge in [0.1, 0.15) is 4.64 Å². The summed E-state index contributed by atoms with van der Waals surface area (Å²) in [7, 11) is -3.62. The quantitative estimate of drug-likeness (QED) is 0.604. The first kappa shape index (κ1) is 22.5. The second-order valence-corrected chi connectivity index (χ2v) is 10.0. The molecule has 1 aromatic heterocycles. The molecule has 0 spiro atoms. The van der Waals surface area contributed by atoms with Gasteiger partial charge in [0.15, 0.2) is 0 Å². The number of alkyl halides is 3. The van der Waals surface area contributed by atoms with Gasteiger partial charge >= 0.3 is 6.18 Å². The van der Waals surface area contributed by atoms with Gasteiger partial charge in [0.05, 0.1) is 35.4 Å². The van der Waals surface area contributed by atoms with E-state index in [9.17, 15) is 21.6 Å². The van der Waals surface area contributed by atoms with Crippen molar-refractivity contribution in [2.45, 2.75) is 24.2 Å². The molecule has 0 saturated carbocycles. The van der Waals surface area contributed by atoms with Gasteiger partial charge in [-0.25, -0.2) is 8.42 Å².